The maximum atomic E-state index is 12.8. The quantitative estimate of drug-likeness (QED) is 0.652. The number of aryl methyl sites for hydroxylation is 1. The molecule has 1 heterocycles. The molecule has 0 bridgehead atoms. The van der Waals surface area contributed by atoms with E-state index in [0.717, 1.165) is 40.7 Å². The van der Waals surface area contributed by atoms with Crippen molar-refractivity contribution in [3.63, 3.8) is 0 Å². The summed E-state index contributed by atoms with van der Waals surface area (Å²) in [4.78, 5) is 28.9. The zero-order chi connectivity index (χ0) is 20.1. The fourth-order valence-corrected chi connectivity index (χ4v) is 3.38. The minimum Gasteiger partial charge on any atom is -0.307 e. The zero-order valence-corrected chi connectivity index (χ0v) is 15.8. The van der Waals surface area contributed by atoms with Crippen LogP contribution < -0.4 is 5.32 Å². The van der Waals surface area contributed by atoms with E-state index in [1.807, 2.05) is 60.7 Å². The molecule has 0 aliphatic heterocycles. The molecule has 2 aromatic carbocycles. The van der Waals surface area contributed by atoms with E-state index in [2.05, 4.69) is 10.3 Å². The van der Waals surface area contributed by atoms with Crippen molar-refractivity contribution in [2.24, 2.45) is 0 Å². The Hall–Kier alpha value is -3.79. The van der Waals surface area contributed by atoms with Gasteiger partial charge in [-0.2, -0.15) is 0 Å². The number of anilines is 1. The highest BCUT2D eigenvalue weighted by Crippen LogP contribution is 2.26. The number of fused-ring (bicyclic) bond motifs is 1. The van der Waals surface area contributed by atoms with Crippen molar-refractivity contribution >= 4 is 29.7 Å². The van der Waals surface area contributed by atoms with Crippen molar-refractivity contribution in [3.05, 3.63) is 107 Å². The van der Waals surface area contributed by atoms with Crippen LogP contribution in [0.1, 0.15) is 33.5 Å². The second-order valence-corrected chi connectivity index (χ2v) is 6.86. The Morgan fingerprint density at radius 3 is 2.62 bits per heavy atom. The Morgan fingerprint density at radius 1 is 0.931 bits per heavy atom. The highest BCUT2D eigenvalue weighted by Gasteiger charge is 2.20. The van der Waals surface area contributed by atoms with Gasteiger partial charge >= 0.3 is 0 Å². The molecule has 4 nitrogen and oxygen atoms in total. The number of nitrogens with zero attached hydrogens (tertiary/aromatic N) is 1. The maximum absolute atomic E-state index is 12.8. The first-order chi connectivity index (χ1) is 14.2. The van der Waals surface area contributed by atoms with Gasteiger partial charge in [-0.1, -0.05) is 48.5 Å². The van der Waals surface area contributed by atoms with Gasteiger partial charge in [-0.3, -0.25) is 9.59 Å². The topological polar surface area (TPSA) is 59.1 Å². The standard InChI is InChI=1S/C25H20N2O2/c28-24(27-23-10-3-4-15-26-23)14-11-18-6-5-7-19(16-18)17-21-13-12-20-8-1-2-9-22(20)25(21)29/h1-11,14-17H,12-13H2,(H,26,27,28)/b14-11+,21-17+. The molecule has 1 N–H and O–H groups in total. The summed E-state index contributed by atoms with van der Waals surface area (Å²) in [5.41, 5.74) is 4.56. The second kappa shape index (κ2) is 8.48. The number of Topliss-reactive ketones (excluding diaryl/α,β-unsaturated/α-hetero) is 1. The first-order valence-corrected chi connectivity index (χ1v) is 9.52. The molecule has 4 rings (SSSR count). The van der Waals surface area contributed by atoms with Gasteiger partial charge in [0, 0.05) is 23.4 Å². The number of pyridine rings is 1. The zero-order valence-electron chi connectivity index (χ0n) is 15.8. The predicted octanol–water partition coefficient (Wildman–Crippen LogP) is 4.95. The average molecular weight is 380 g/mol. The van der Waals surface area contributed by atoms with E-state index in [-0.39, 0.29) is 11.7 Å². The average Bonchev–Trinajstić information content (AvgIpc) is 2.75. The molecule has 4 heteroatoms. The van der Waals surface area contributed by atoms with Gasteiger partial charge < -0.3 is 5.32 Å². The van der Waals surface area contributed by atoms with E-state index in [1.165, 1.54) is 6.08 Å². The van der Waals surface area contributed by atoms with Crippen LogP contribution in [0.4, 0.5) is 5.82 Å². The van der Waals surface area contributed by atoms with E-state index in [4.69, 9.17) is 0 Å². The maximum Gasteiger partial charge on any atom is 0.249 e. The van der Waals surface area contributed by atoms with Crippen molar-refractivity contribution in [3.8, 4) is 0 Å². The van der Waals surface area contributed by atoms with Gasteiger partial charge in [0.2, 0.25) is 5.91 Å². The molecule has 0 saturated carbocycles. The van der Waals surface area contributed by atoms with Crippen LogP contribution in [0.5, 0.6) is 0 Å². The highest BCUT2D eigenvalue weighted by molar-refractivity contribution is 6.13. The third-order valence-corrected chi connectivity index (χ3v) is 4.81. The van der Waals surface area contributed by atoms with Gasteiger partial charge in [0.1, 0.15) is 5.82 Å². The molecule has 3 aromatic rings. The van der Waals surface area contributed by atoms with Crippen molar-refractivity contribution in [1.29, 1.82) is 0 Å². The molecule has 0 radical (unpaired) electrons. The fourth-order valence-electron chi connectivity index (χ4n) is 3.38. The summed E-state index contributed by atoms with van der Waals surface area (Å²) in [6, 6.07) is 20.9. The van der Waals surface area contributed by atoms with Crippen molar-refractivity contribution in [2.75, 3.05) is 5.32 Å². The Labute approximate surface area is 169 Å². The SMILES string of the molecule is O=C(/C=C/c1cccc(/C=C2\CCc3ccccc3C2=O)c1)Nc1ccccn1. The summed E-state index contributed by atoms with van der Waals surface area (Å²) in [5.74, 6) is 0.366. The van der Waals surface area contributed by atoms with Crippen LogP contribution in [0.15, 0.2) is 84.6 Å². The summed E-state index contributed by atoms with van der Waals surface area (Å²) in [7, 11) is 0. The van der Waals surface area contributed by atoms with E-state index in [1.54, 1.807) is 24.4 Å². The number of ketones is 1. The normalized spacial score (nSPS) is 14.8. The lowest BCUT2D eigenvalue weighted by Crippen LogP contribution is -2.13. The van der Waals surface area contributed by atoms with Gasteiger partial charge in [0.25, 0.3) is 0 Å². The Bertz CT molecular complexity index is 1110. The second-order valence-electron chi connectivity index (χ2n) is 6.86. The van der Waals surface area contributed by atoms with Gasteiger partial charge in [-0.15, -0.1) is 0 Å². The molecule has 0 saturated heterocycles. The Kier molecular flexibility index (Phi) is 5.43. The third kappa shape index (κ3) is 4.55. The van der Waals surface area contributed by atoms with Crippen LogP contribution in [0.2, 0.25) is 0 Å². The van der Waals surface area contributed by atoms with Crippen LogP contribution in [0.3, 0.4) is 0 Å². The van der Waals surface area contributed by atoms with Crippen LogP contribution in [-0.2, 0) is 11.2 Å². The van der Waals surface area contributed by atoms with Crippen molar-refractivity contribution < 1.29 is 9.59 Å². The largest absolute Gasteiger partial charge is 0.307 e. The van der Waals surface area contributed by atoms with Crippen LogP contribution >= 0.6 is 0 Å². The lowest BCUT2D eigenvalue weighted by molar-refractivity contribution is -0.111. The summed E-state index contributed by atoms with van der Waals surface area (Å²) in [6.45, 7) is 0. The third-order valence-electron chi connectivity index (χ3n) is 4.81. The lowest BCUT2D eigenvalue weighted by atomic mass is 9.86. The van der Waals surface area contributed by atoms with Gasteiger partial charge in [0.15, 0.2) is 5.78 Å². The Balaban J connectivity index is 1.48. The molecule has 0 fully saturated rings. The van der Waals surface area contributed by atoms with E-state index < -0.39 is 0 Å². The molecule has 0 atom stereocenters. The molecule has 1 amide bonds. The number of allylic oxidation sites excluding steroid dienone is 1. The molecule has 142 valence electrons. The smallest absolute Gasteiger partial charge is 0.249 e. The number of hydrogen-bond donors (Lipinski definition) is 1. The first-order valence-electron chi connectivity index (χ1n) is 9.52. The van der Waals surface area contributed by atoms with Gasteiger partial charge in [0.05, 0.1) is 0 Å². The number of carbonyl (C=O) groups is 2. The molecular weight excluding hydrogens is 360 g/mol. The monoisotopic (exact) mass is 380 g/mol. The first kappa shape index (κ1) is 18.6. The number of hydrogen-bond acceptors (Lipinski definition) is 3. The fraction of sp³-hybridized carbons (Fsp3) is 0.0800. The molecule has 0 unspecified atom stereocenters. The van der Waals surface area contributed by atoms with Crippen molar-refractivity contribution in [2.45, 2.75) is 12.8 Å². The predicted molar refractivity (Wildman–Crippen MR) is 115 cm³/mol. The highest BCUT2D eigenvalue weighted by atomic mass is 16.1. The van der Waals surface area contributed by atoms with Crippen LogP contribution in [-0.4, -0.2) is 16.7 Å². The number of nitrogens with one attached hydrogen (secondary N) is 1. The molecular formula is C25H20N2O2. The summed E-state index contributed by atoms with van der Waals surface area (Å²) < 4.78 is 0. The molecule has 1 aliphatic carbocycles. The van der Waals surface area contributed by atoms with E-state index in [9.17, 15) is 9.59 Å². The molecule has 1 aromatic heterocycles. The number of benzene rings is 2. The van der Waals surface area contributed by atoms with Gasteiger partial charge in [-0.05, 0) is 59.9 Å². The van der Waals surface area contributed by atoms with Crippen LogP contribution in [0.25, 0.3) is 12.2 Å². The Morgan fingerprint density at radius 2 is 1.76 bits per heavy atom. The van der Waals surface area contributed by atoms with E-state index >= 15 is 0 Å². The van der Waals surface area contributed by atoms with Crippen molar-refractivity contribution in [1.82, 2.24) is 4.98 Å². The summed E-state index contributed by atoms with van der Waals surface area (Å²) in [6.07, 6.45) is 8.41. The lowest BCUT2D eigenvalue weighted by Gasteiger charge is -2.17. The molecule has 0 spiro atoms. The number of carbonyl (C=O) groups excluding carboxylic acids is 2. The number of rotatable bonds is 4. The summed E-state index contributed by atoms with van der Waals surface area (Å²) in [5, 5.41) is 2.71. The van der Waals surface area contributed by atoms with Gasteiger partial charge in [-0.25, -0.2) is 4.98 Å². The summed E-state index contributed by atoms with van der Waals surface area (Å²) >= 11 is 0. The van der Waals surface area contributed by atoms with E-state index in [0.29, 0.717) is 5.82 Å². The minimum absolute atomic E-state index is 0.0996. The molecule has 1 aliphatic rings. The number of amides is 1. The number of aromatic nitrogens is 1. The molecule has 29 heavy (non-hydrogen) atoms. The van der Waals surface area contributed by atoms with Crippen LogP contribution in [0, 0.1) is 0 Å². The minimum atomic E-state index is -0.244.